The van der Waals surface area contributed by atoms with Crippen LogP contribution in [0, 0.1) is 0 Å². The van der Waals surface area contributed by atoms with Gasteiger partial charge >= 0.3 is 0 Å². The minimum absolute atomic E-state index is 0.0668. The van der Waals surface area contributed by atoms with E-state index in [-0.39, 0.29) is 17.4 Å². The number of hydrogen-bond donors (Lipinski definition) is 3. The molecule has 36 heavy (non-hydrogen) atoms. The summed E-state index contributed by atoms with van der Waals surface area (Å²) in [5.41, 5.74) is 1.81. The van der Waals surface area contributed by atoms with Crippen molar-refractivity contribution in [2.75, 3.05) is 19.7 Å². The fourth-order valence-corrected chi connectivity index (χ4v) is 6.20. The van der Waals surface area contributed by atoms with E-state index in [1.165, 1.54) is 0 Å². The Labute approximate surface area is 240 Å². The molecule has 2 aromatic rings. The summed E-state index contributed by atoms with van der Waals surface area (Å²) in [6, 6.07) is 15.5. The predicted octanol–water partition coefficient (Wildman–Crippen LogP) is 6.29. The van der Waals surface area contributed by atoms with E-state index < -0.39 is 5.60 Å². The standard InChI is InChI=1S/C28H32Br2Cl2N2O2/c1-2-28(35,20-6-4-3-5-7-20)11-13-34-12-10-24(19-8-9-25(31)26(32)14-19)27(33)18-36-23-16-21(29)15-22(30)17-23/h3-9,14,16-17,21,24,33-35H,2,10-13,15,18H2,1H3/p+1. The second-order valence-electron chi connectivity index (χ2n) is 9.01. The van der Waals surface area contributed by atoms with Crippen LogP contribution in [-0.4, -0.2) is 35.3 Å². The quantitative estimate of drug-likeness (QED) is 0.135. The number of alkyl halides is 1. The molecule has 194 valence electrons. The Kier molecular flexibility index (Phi) is 11.5. The van der Waals surface area contributed by atoms with Crippen molar-refractivity contribution in [2.45, 2.75) is 49.0 Å². The van der Waals surface area contributed by atoms with Crippen LogP contribution < -0.4 is 10.7 Å². The third kappa shape index (κ3) is 8.44. The monoisotopic (exact) mass is 657 g/mol. The van der Waals surface area contributed by atoms with Crippen molar-refractivity contribution in [2.24, 2.45) is 0 Å². The molecule has 0 saturated carbocycles. The molecule has 4 N–H and O–H groups in total. The normalized spacial score (nSPS) is 18.1. The van der Waals surface area contributed by atoms with Crippen molar-refractivity contribution in [3.63, 3.8) is 0 Å². The molecule has 0 spiro atoms. The van der Waals surface area contributed by atoms with Crippen molar-refractivity contribution in [1.82, 2.24) is 5.32 Å². The summed E-state index contributed by atoms with van der Waals surface area (Å²) in [6.07, 6.45) is 6.93. The van der Waals surface area contributed by atoms with Gasteiger partial charge in [0.15, 0.2) is 12.3 Å². The highest BCUT2D eigenvalue weighted by atomic mass is 79.9. The van der Waals surface area contributed by atoms with Crippen molar-refractivity contribution < 1.29 is 15.3 Å². The van der Waals surface area contributed by atoms with Gasteiger partial charge in [-0.25, -0.2) is 0 Å². The molecule has 0 aliphatic heterocycles. The Bertz CT molecular complexity index is 1090. The molecule has 3 unspecified atom stereocenters. The van der Waals surface area contributed by atoms with Crippen molar-refractivity contribution in [1.29, 1.82) is 0 Å². The average molecular weight is 660 g/mol. The molecule has 0 amide bonds. The summed E-state index contributed by atoms with van der Waals surface area (Å²) in [5.74, 6) is 0.714. The topological polar surface area (TPSA) is 67.1 Å². The van der Waals surface area contributed by atoms with Gasteiger partial charge in [-0.2, -0.15) is 0 Å². The van der Waals surface area contributed by atoms with Gasteiger partial charge < -0.3 is 15.2 Å². The van der Waals surface area contributed by atoms with E-state index in [9.17, 15) is 5.11 Å². The van der Waals surface area contributed by atoms with E-state index in [2.05, 4.69) is 37.2 Å². The molecule has 3 rings (SSSR count). The highest BCUT2D eigenvalue weighted by Crippen LogP contribution is 2.31. The first kappa shape index (κ1) is 29.4. The maximum Gasteiger partial charge on any atom is 0.194 e. The molecule has 2 aromatic carbocycles. The minimum atomic E-state index is -0.848. The molecule has 1 aliphatic rings. The smallest absolute Gasteiger partial charge is 0.194 e. The highest BCUT2D eigenvalue weighted by Gasteiger charge is 2.27. The number of nitrogens with two attached hydrogens (primary N) is 1. The van der Waals surface area contributed by atoms with Gasteiger partial charge in [0.25, 0.3) is 0 Å². The predicted molar refractivity (Wildman–Crippen MR) is 157 cm³/mol. The Morgan fingerprint density at radius 2 is 1.94 bits per heavy atom. The molecule has 0 bridgehead atoms. The van der Waals surface area contributed by atoms with Crippen molar-refractivity contribution in [3.8, 4) is 0 Å². The second kappa shape index (κ2) is 14.1. The first-order chi connectivity index (χ1) is 17.2. The molecule has 1 aliphatic carbocycles. The molecule has 0 aromatic heterocycles. The molecule has 3 atom stereocenters. The summed E-state index contributed by atoms with van der Waals surface area (Å²) in [7, 11) is 0. The van der Waals surface area contributed by atoms with Gasteiger partial charge in [0, 0.05) is 9.31 Å². The summed E-state index contributed by atoms with van der Waals surface area (Å²) in [5, 5.41) is 22.2. The van der Waals surface area contributed by atoms with Crippen LogP contribution in [0.4, 0.5) is 0 Å². The van der Waals surface area contributed by atoms with Crippen LogP contribution in [0.3, 0.4) is 0 Å². The first-order valence-corrected chi connectivity index (χ1v) is 14.6. The summed E-state index contributed by atoms with van der Waals surface area (Å²) >= 11 is 19.7. The van der Waals surface area contributed by atoms with Gasteiger partial charge in [0.2, 0.25) is 0 Å². The molecule has 0 heterocycles. The number of hydrogen-bond acceptors (Lipinski definition) is 3. The van der Waals surface area contributed by atoms with Crippen molar-refractivity contribution >= 4 is 60.8 Å². The van der Waals surface area contributed by atoms with Crippen LogP contribution in [0.1, 0.15) is 49.7 Å². The third-order valence-corrected chi connectivity index (χ3v) is 8.33. The highest BCUT2D eigenvalue weighted by molar-refractivity contribution is 9.12. The Morgan fingerprint density at radius 1 is 1.19 bits per heavy atom. The number of halogens is 4. The Morgan fingerprint density at radius 3 is 2.61 bits per heavy atom. The lowest BCUT2D eigenvalue weighted by molar-refractivity contribution is -0.123. The number of nitrogens with one attached hydrogen (secondary N) is 1. The maximum atomic E-state index is 11.1. The number of aliphatic hydroxyl groups is 1. The summed E-state index contributed by atoms with van der Waals surface area (Å²) in [4.78, 5) is 0.223. The third-order valence-electron chi connectivity index (χ3n) is 6.45. The fraction of sp³-hybridized carbons (Fsp3) is 0.393. The van der Waals surface area contributed by atoms with Gasteiger partial charge in [0.05, 0.1) is 21.6 Å². The van der Waals surface area contributed by atoms with E-state index >= 15 is 0 Å². The number of benzene rings is 2. The Balaban J connectivity index is 1.61. The van der Waals surface area contributed by atoms with E-state index in [1.807, 2.05) is 61.5 Å². The van der Waals surface area contributed by atoms with Crippen LogP contribution in [0.5, 0.6) is 0 Å². The molecular formula is C28H33Br2Cl2N2O2+. The van der Waals surface area contributed by atoms with Gasteiger partial charge in [-0.1, -0.05) is 98.4 Å². The minimum Gasteiger partial charge on any atom is -0.483 e. The molecule has 4 nitrogen and oxygen atoms in total. The maximum absolute atomic E-state index is 11.1. The Hall–Kier alpha value is -1.15. The molecule has 8 heteroatoms. The zero-order chi connectivity index (χ0) is 26.1. The molecule has 0 saturated heterocycles. The van der Waals surface area contributed by atoms with Crippen LogP contribution in [0.15, 0.2) is 70.9 Å². The average Bonchev–Trinajstić information content (AvgIpc) is 2.86. The molecular weight excluding hydrogens is 627 g/mol. The van der Waals surface area contributed by atoms with Crippen molar-refractivity contribution in [3.05, 3.63) is 92.1 Å². The van der Waals surface area contributed by atoms with Gasteiger partial charge in [0.1, 0.15) is 5.76 Å². The first-order valence-electron chi connectivity index (χ1n) is 12.1. The van der Waals surface area contributed by atoms with E-state index in [4.69, 9.17) is 33.3 Å². The largest absolute Gasteiger partial charge is 0.483 e. The zero-order valence-corrected chi connectivity index (χ0v) is 25.0. The van der Waals surface area contributed by atoms with Gasteiger partial charge in [-0.3, -0.25) is 5.41 Å². The fourth-order valence-electron chi connectivity index (χ4n) is 4.28. The lowest BCUT2D eigenvalue weighted by Crippen LogP contribution is -2.47. The lowest BCUT2D eigenvalue weighted by Gasteiger charge is -2.27. The lowest BCUT2D eigenvalue weighted by atomic mass is 9.88. The van der Waals surface area contributed by atoms with E-state index in [0.717, 1.165) is 40.8 Å². The number of rotatable bonds is 13. The summed E-state index contributed by atoms with van der Waals surface area (Å²) < 4.78 is 7.10. The van der Waals surface area contributed by atoms with Crippen LogP contribution in [-0.2, 0) is 10.3 Å². The van der Waals surface area contributed by atoms with E-state index in [0.29, 0.717) is 35.1 Å². The number of ether oxygens (including phenoxy) is 1. The zero-order valence-electron chi connectivity index (χ0n) is 20.3. The van der Waals surface area contributed by atoms with E-state index in [1.54, 1.807) is 6.07 Å². The van der Waals surface area contributed by atoms with Gasteiger partial charge in [-0.05, 0) is 74.2 Å². The molecule has 0 fully saturated rings. The van der Waals surface area contributed by atoms with Crippen LogP contribution >= 0.6 is 55.1 Å². The summed E-state index contributed by atoms with van der Waals surface area (Å²) in [6.45, 7) is 3.70. The van der Waals surface area contributed by atoms with Crippen LogP contribution in [0.2, 0.25) is 10.0 Å². The van der Waals surface area contributed by atoms with Crippen LogP contribution in [0.25, 0.3) is 0 Å². The molecule has 0 radical (unpaired) electrons. The second-order valence-corrected chi connectivity index (χ2v) is 12.0. The number of allylic oxidation sites excluding steroid dienone is 3. The SMILES string of the molecule is CCC(O)(CCNCCC(C(=[NH2+])COC1=CC(Br)CC(Br)=C1)c1ccc(Cl)c(Cl)c1)c1ccccc1. The van der Waals surface area contributed by atoms with Gasteiger partial charge in [-0.15, -0.1) is 0 Å².